The van der Waals surface area contributed by atoms with Gasteiger partial charge in [0.15, 0.2) is 6.29 Å². The van der Waals surface area contributed by atoms with Crippen molar-refractivity contribution in [3.05, 3.63) is 59.3 Å². The van der Waals surface area contributed by atoms with E-state index in [9.17, 15) is 19.2 Å². The Morgan fingerprint density at radius 2 is 1.84 bits per heavy atom. The largest absolute Gasteiger partial charge is 0.388 e. The monoisotopic (exact) mass is 667 g/mol. The first-order chi connectivity index (χ1) is 23.9. The Morgan fingerprint density at radius 1 is 1.02 bits per heavy atom. The van der Waals surface area contributed by atoms with Crippen molar-refractivity contribution in [1.29, 1.82) is 5.41 Å². The van der Waals surface area contributed by atoms with Gasteiger partial charge in [-0.05, 0) is 100 Å². The second-order valence-electron chi connectivity index (χ2n) is 13.2. The molecule has 258 valence electrons. The zero-order valence-electron chi connectivity index (χ0n) is 27.6. The Balaban J connectivity index is 0.936. The average molecular weight is 668 g/mol. The number of fused-ring (bicyclic) bond motifs is 1. The number of nitrogens with one attached hydrogen (secondary N) is 8. The van der Waals surface area contributed by atoms with Gasteiger partial charge in [-0.2, -0.15) is 0 Å². The first-order valence-electron chi connectivity index (χ1n) is 17.3. The van der Waals surface area contributed by atoms with Crippen molar-refractivity contribution < 1.29 is 19.2 Å². The summed E-state index contributed by atoms with van der Waals surface area (Å²) in [5, 5.41) is 30.2. The molecule has 6 rings (SSSR count). The average Bonchev–Trinajstić information content (AvgIpc) is 3.09. The molecule has 3 heterocycles. The first kappa shape index (κ1) is 33.8. The molecule has 0 spiro atoms. The number of benzene rings is 2. The van der Waals surface area contributed by atoms with E-state index in [0.717, 1.165) is 80.0 Å². The molecule has 8 N–H and O–H groups in total. The van der Waals surface area contributed by atoms with Crippen molar-refractivity contribution >= 4 is 58.7 Å². The lowest BCUT2D eigenvalue weighted by Gasteiger charge is -2.36. The topological polar surface area (TPSA) is 189 Å². The Morgan fingerprint density at radius 3 is 2.61 bits per heavy atom. The summed E-state index contributed by atoms with van der Waals surface area (Å²) in [6.07, 6.45) is 10.6. The summed E-state index contributed by atoms with van der Waals surface area (Å²) in [6, 6.07) is 11.2. The number of hydrogen-bond donors (Lipinski definition) is 8. The molecule has 3 fully saturated rings. The summed E-state index contributed by atoms with van der Waals surface area (Å²) in [7, 11) is 0. The Kier molecular flexibility index (Phi) is 11.0. The van der Waals surface area contributed by atoms with E-state index in [-0.39, 0.29) is 29.9 Å². The number of hydrogen-bond acceptors (Lipinski definition) is 11. The van der Waals surface area contributed by atoms with Gasteiger partial charge in [0.05, 0.1) is 29.2 Å². The molecule has 1 atom stereocenters. The van der Waals surface area contributed by atoms with Crippen LogP contribution in [0.2, 0.25) is 0 Å². The highest BCUT2D eigenvalue weighted by Crippen LogP contribution is 2.33. The molecule has 1 saturated carbocycles. The lowest BCUT2D eigenvalue weighted by atomic mass is 9.77. The van der Waals surface area contributed by atoms with Crippen LogP contribution in [0.1, 0.15) is 72.1 Å². The molecule has 0 radical (unpaired) electrons. The standard InChI is InChI=1S/C36H45N9O4/c37-18-24(33-20-41-30-6-5-27(17-32(30)43-33)42-25-9-12-38-13-10-25)19-40-28-14-22(15-28)2-1-11-39-26-4-3-23(21-46)29(16-26)35(48)44-31-7-8-34(47)45-36(31)49/h3-6,16-19,21-22,25,28,31,37-42H,1-2,7-15,20H2,(H,44,48)(H,45,47,49)/b24-19+,37-18?. The van der Waals surface area contributed by atoms with Crippen LogP contribution in [0.4, 0.5) is 22.7 Å². The van der Waals surface area contributed by atoms with Gasteiger partial charge in [-0.1, -0.05) is 0 Å². The summed E-state index contributed by atoms with van der Waals surface area (Å²) in [6.45, 7) is 3.35. The van der Waals surface area contributed by atoms with Gasteiger partial charge < -0.3 is 37.3 Å². The Bertz CT molecular complexity index is 1640. The van der Waals surface area contributed by atoms with Crippen molar-refractivity contribution in [2.75, 3.05) is 42.1 Å². The highest BCUT2D eigenvalue weighted by atomic mass is 16.2. The van der Waals surface area contributed by atoms with Gasteiger partial charge in [-0.15, -0.1) is 0 Å². The SMILES string of the molecule is N=C/C(=C\NC1CC(CCCNc2ccc(C=O)c(C(=O)NC3CCC(=O)NC3=O)c2)C1)C1=Nc2cc(NC3CCNCC3)ccc2NC1. The third kappa shape index (κ3) is 8.71. The van der Waals surface area contributed by atoms with Crippen molar-refractivity contribution in [3.63, 3.8) is 0 Å². The molecule has 2 aromatic rings. The van der Waals surface area contributed by atoms with Crippen LogP contribution in [0.5, 0.6) is 0 Å². The molecule has 13 nitrogen and oxygen atoms in total. The fourth-order valence-corrected chi connectivity index (χ4v) is 6.78. The number of aldehydes is 1. The lowest BCUT2D eigenvalue weighted by Crippen LogP contribution is -2.52. The van der Waals surface area contributed by atoms with E-state index >= 15 is 0 Å². The van der Waals surface area contributed by atoms with E-state index in [1.165, 1.54) is 6.21 Å². The van der Waals surface area contributed by atoms with Crippen LogP contribution in [-0.2, 0) is 9.59 Å². The summed E-state index contributed by atoms with van der Waals surface area (Å²) < 4.78 is 0. The van der Waals surface area contributed by atoms with Crippen LogP contribution in [0, 0.1) is 11.3 Å². The minimum atomic E-state index is -0.815. The van der Waals surface area contributed by atoms with Gasteiger partial charge in [-0.25, -0.2) is 4.99 Å². The number of anilines is 3. The summed E-state index contributed by atoms with van der Waals surface area (Å²) in [5.74, 6) is -0.820. The highest BCUT2D eigenvalue weighted by Gasteiger charge is 2.29. The number of rotatable bonds is 14. The second-order valence-corrected chi connectivity index (χ2v) is 13.2. The van der Waals surface area contributed by atoms with Crippen molar-refractivity contribution in [1.82, 2.24) is 21.3 Å². The van der Waals surface area contributed by atoms with Crippen molar-refractivity contribution in [2.24, 2.45) is 10.9 Å². The van der Waals surface area contributed by atoms with Crippen molar-refractivity contribution in [3.8, 4) is 0 Å². The van der Waals surface area contributed by atoms with E-state index < -0.39 is 17.9 Å². The first-order valence-corrected chi connectivity index (χ1v) is 17.3. The molecule has 13 heteroatoms. The fraction of sp³-hybridized carbons (Fsp3) is 0.444. The number of carbonyl (C=O) groups is 4. The molecule has 2 aromatic carbocycles. The van der Waals surface area contributed by atoms with Gasteiger partial charge in [0, 0.05) is 60.0 Å². The van der Waals surface area contributed by atoms with E-state index in [1.54, 1.807) is 18.2 Å². The molecular formula is C36H45N9O4. The van der Waals surface area contributed by atoms with Gasteiger partial charge in [-0.3, -0.25) is 24.5 Å². The second kappa shape index (κ2) is 15.9. The third-order valence-electron chi connectivity index (χ3n) is 9.70. The zero-order chi connectivity index (χ0) is 34.2. The molecule has 2 saturated heterocycles. The number of carbonyl (C=O) groups excluding carboxylic acids is 4. The Labute approximate surface area is 286 Å². The summed E-state index contributed by atoms with van der Waals surface area (Å²) in [5.41, 5.74) is 5.70. The van der Waals surface area contributed by atoms with Crippen molar-refractivity contribution in [2.45, 2.75) is 69.5 Å². The molecule has 0 bridgehead atoms. The van der Waals surface area contributed by atoms with E-state index in [4.69, 9.17) is 10.4 Å². The van der Waals surface area contributed by atoms with Gasteiger partial charge in [0.1, 0.15) is 6.04 Å². The minimum Gasteiger partial charge on any atom is -0.388 e. The molecule has 3 amide bonds. The maximum absolute atomic E-state index is 12.9. The molecule has 0 aromatic heterocycles. The third-order valence-corrected chi connectivity index (χ3v) is 9.70. The number of imide groups is 1. The zero-order valence-corrected chi connectivity index (χ0v) is 27.6. The number of nitrogens with zero attached hydrogens (tertiary/aromatic N) is 1. The molecule has 1 aliphatic carbocycles. The normalized spacial score (nSPS) is 22.3. The number of aliphatic imine (C=N–C) groups is 1. The van der Waals surface area contributed by atoms with Crippen LogP contribution in [-0.4, -0.2) is 80.2 Å². The van der Waals surface area contributed by atoms with E-state index in [0.29, 0.717) is 43.1 Å². The molecule has 1 unspecified atom stereocenters. The maximum Gasteiger partial charge on any atom is 0.252 e. The smallest absolute Gasteiger partial charge is 0.252 e. The van der Waals surface area contributed by atoms with E-state index in [1.807, 2.05) is 6.20 Å². The van der Waals surface area contributed by atoms with E-state index in [2.05, 4.69) is 55.4 Å². The van der Waals surface area contributed by atoms with Crippen LogP contribution >= 0.6 is 0 Å². The van der Waals surface area contributed by atoms with Crippen LogP contribution < -0.4 is 37.2 Å². The fourth-order valence-electron chi connectivity index (χ4n) is 6.78. The minimum absolute atomic E-state index is 0.152. The maximum atomic E-state index is 12.9. The predicted octanol–water partition coefficient (Wildman–Crippen LogP) is 3.49. The van der Waals surface area contributed by atoms with Crippen LogP contribution in [0.15, 0.2) is 53.2 Å². The lowest BCUT2D eigenvalue weighted by molar-refractivity contribution is -0.134. The molecule has 4 aliphatic rings. The van der Waals surface area contributed by atoms with Crippen LogP contribution in [0.25, 0.3) is 0 Å². The number of piperidine rings is 2. The number of amides is 3. The summed E-state index contributed by atoms with van der Waals surface area (Å²) >= 11 is 0. The molecular weight excluding hydrogens is 622 g/mol. The predicted molar refractivity (Wildman–Crippen MR) is 191 cm³/mol. The highest BCUT2D eigenvalue weighted by molar-refractivity contribution is 6.19. The van der Waals surface area contributed by atoms with Gasteiger partial charge >= 0.3 is 0 Å². The Hall–Kier alpha value is -5.04. The molecule has 49 heavy (non-hydrogen) atoms. The molecule has 3 aliphatic heterocycles. The van der Waals surface area contributed by atoms with Gasteiger partial charge in [0.25, 0.3) is 5.91 Å². The quantitative estimate of drug-likeness (QED) is 0.0646. The van der Waals surface area contributed by atoms with Gasteiger partial charge in [0.2, 0.25) is 11.8 Å². The summed E-state index contributed by atoms with van der Waals surface area (Å²) in [4.78, 5) is 52.9. The van der Waals surface area contributed by atoms with Crippen LogP contribution in [0.3, 0.4) is 0 Å².